The second-order valence-electron chi connectivity index (χ2n) is 2.99. The molecule has 0 spiro atoms. The van der Waals surface area contributed by atoms with E-state index in [0.717, 1.165) is 5.56 Å². The summed E-state index contributed by atoms with van der Waals surface area (Å²) in [5, 5.41) is 19.1. The van der Waals surface area contributed by atoms with Crippen molar-refractivity contribution in [2.75, 3.05) is 0 Å². The average Bonchev–Trinajstić information content (AvgIpc) is 2.58. The lowest BCUT2D eigenvalue weighted by molar-refractivity contribution is -0.384. The van der Waals surface area contributed by atoms with E-state index in [-0.39, 0.29) is 5.69 Å². The lowest BCUT2D eigenvalue weighted by Crippen LogP contribution is -2.08. The third kappa shape index (κ3) is 1.27. The van der Waals surface area contributed by atoms with Gasteiger partial charge in [-0.2, -0.15) is 5.26 Å². The van der Waals surface area contributed by atoms with Crippen molar-refractivity contribution in [3.63, 3.8) is 0 Å². The second kappa shape index (κ2) is 3.00. The Labute approximate surface area is 79.7 Å². The Morgan fingerprint density at radius 2 is 2.43 bits per heavy atom. The van der Waals surface area contributed by atoms with Crippen molar-refractivity contribution in [3.8, 4) is 11.8 Å². The minimum atomic E-state index is -0.507. The molecule has 1 aromatic rings. The van der Waals surface area contributed by atoms with Gasteiger partial charge in [0.15, 0.2) is 6.10 Å². The van der Waals surface area contributed by atoms with Crippen LogP contribution in [0.15, 0.2) is 18.2 Å². The predicted molar refractivity (Wildman–Crippen MR) is 46.8 cm³/mol. The van der Waals surface area contributed by atoms with Gasteiger partial charge in [-0.15, -0.1) is 0 Å². The van der Waals surface area contributed by atoms with Crippen molar-refractivity contribution in [2.45, 2.75) is 12.5 Å². The summed E-state index contributed by atoms with van der Waals surface area (Å²) in [5.74, 6) is 0.571. The molecule has 2 rings (SSSR count). The first-order valence-corrected chi connectivity index (χ1v) is 4.04. The van der Waals surface area contributed by atoms with Crippen LogP contribution in [-0.4, -0.2) is 11.0 Å². The largest absolute Gasteiger partial charge is 0.475 e. The Bertz CT molecular complexity index is 436. The van der Waals surface area contributed by atoms with Gasteiger partial charge in [0.1, 0.15) is 11.8 Å². The molecule has 0 saturated heterocycles. The highest BCUT2D eigenvalue weighted by Crippen LogP contribution is 2.31. The van der Waals surface area contributed by atoms with E-state index in [9.17, 15) is 10.1 Å². The van der Waals surface area contributed by atoms with Crippen LogP contribution in [0.1, 0.15) is 5.56 Å². The van der Waals surface area contributed by atoms with Gasteiger partial charge in [-0.25, -0.2) is 0 Å². The highest BCUT2D eigenvalue weighted by Gasteiger charge is 2.24. The van der Waals surface area contributed by atoms with Gasteiger partial charge in [0.2, 0.25) is 0 Å². The first kappa shape index (κ1) is 8.51. The van der Waals surface area contributed by atoms with E-state index >= 15 is 0 Å². The molecule has 0 bridgehead atoms. The molecule has 70 valence electrons. The van der Waals surface area contributed by atoms with Crippen LogP contribution in [0.3, 0.4) is 0 Å². The fourth-order valence-electron chi connectivity index (χ4n) is 1.42. The van der Waals surface area contributed by atoms with E-state index in [1.165, 1.54) is 18.2 Å². The van der Waals surface area contributed by atoms with Crippen LogP contribution in [-0.2, 0) is 6.42 Å². The van der Waals surface area contributed by atoms with E-state index in [2.05, 4.69) is 0 Å². The van der Waals surface area contributed by atoms with Gasteiger partial charge in [0, 0.05) is 24.1 Å². The van der Waals surface area contributed by atoms with Crippen molar-refractivity contribution < 1.29 is 9.66 Å². The molecule has 0 saturated carbocycles. The fraction of sp³-hybridized carbons (Fsp3) is 0.222. The van der Waals surface area contributed by atoms with Crippen molar-refractivity contribution in [2.24, 2.45) is 0 Å². The number of hydrogen-bond donors (Lipinski definition) is 0. The van der Waals surface area contributed by atoms with Gasteiger partial charge in [-0.05, 0) is 6.07 Å². The Morgan fingerprint density at radius 3 is 3.07 bits per heavy atom. The summed E-state index contributed by atoms with van der Waals surface area (Å²) in [6.07, 6.45) is -0.0833. The normalized spacial score (nSPS) is 18.1. The summed E-state index contributed by atoms with van der Waals surface area (Å²) in [4.78, 5) is 9.99. The number of nitro groups is 1. The Balaban J connectivity index is 2.36. The number of nitriles is 1. The van der Waals surface area contributed by atoms with Crippen LogP contribution in [0.25, 0.3) is 0 Å². The molecule has 0 fully saturated rings. The van der Waals surface area contributed by atoms with Crippen LogP contribution in [0, 0.1) is 21.4 Å². The third-order valence-electron chi connectivity index (χ3n) is 2.07. The van der Waals surface area contributed by atoms with Gasteiger partial charge >= 0.3 is 0 Å². The zero-order valence-electron chi connectivity index (χ0n) is 7.14. The molecule has 5 nitrogen and oxygen atoms in total. The highest BCUT2D eigenvalue weighted by molar-refractivity contribution is 5.46. The quantitative estimate of drug-likeness (QED) is 0.495. The van der Waals surface area contributed by atoms with E-state index in [1.54, 1.807) is 0 Å². The third-order valence-corrected chi connectivity index (χ3v) is 2.07. The van der Waals surface area contributed by atoms with Crippen LogP contribution in [0.4, 0.5) is 5.69 Å². The first-order valence-electron chi connectivity index (χ1n) is 4.04. The number of non-ortho nitro benzene ring substituents is 1. The number of hydrogen-bond acceptors (Lipinski definition) is 4. The molecule has 5 heteroatoms. The number of rotatable bonds is 1. The Morgan fingerprint density at radius 1 is 1.64 bits per heavy atom. The number of benzene rings is 1. The fourth-order valence-corrected chi connectivity index (χ4v) is 1.42. The SMILES string of the molecule is N#CC1Cc2cc([N+](=O)[O-])ccc2O1. The van der Waals surface area contributed by atoms with Crippen LogP contribution < -0.4 is 4.74 Å². The van der Waals surface area contributed by atoms with E-state index in [0.29, 0.717) is 12.2 Å². The molecule has 0 N–H and O–H groups in total. The smallest absolute Gasteiger partial charge is 0.269 e. The minimum absolute atomic E-state index is 0.0333. The molecular weight excluding hydrogens is 184 g/mol. The summed E-state index contributed by atoms with van der Waals surface area (Å²) < 4.78 is 5.21. The molecule has 1 aromatic carbocycles. The number of fused-ring (bicyclic) bond motifs is 1. The maximum absolute atomic E-state index is 10.5. The highest BCUT2D eigenvalue weighted by atomic mass is 16.6. The van der Waals surface area contributed by atoms with Gasteiger partial charge < -0.3 is 4.74 Å². The monoisotopic (exact) mass is 190 g/mol. The zero-order chi connectivity index (χ0) is 10.1. The van der Waals surface area contributed by atoms with Crippen LogP contribution >= 0.6 is 0 Å². The second-order valence-corrected chi connectivity index (χ2v) is 2.99. The van der Waals surface area contributed by atoms with Crippen LogP contribution in [0.2, 0.25) is 0 Å². The van der Waals surface area contributed by atoms with E-state index in [4.69, 9.17) is 10.00 Å². The van der Waals surface area contributed by atoms with Crippen molar-refractivity contribution in [1.29, 1.82) is 5.26 Å². The van der Waals surface area contributed by atoms with Gasteiger partial charge in [-0.1, -0.05) is 0 Å². The molecule has 0 radical (unpaired) electrons. The van der Waals surface area contributed by atoms with Gasteiger partial charge in [-0.3, -0.25) is 10.1 Å². The van der Waals surface area contributed by atoms with Crippen LogP contribution in [0.5, 0.6) is 5.75 Å². The molecule has 0 aliphatic carbocycles. The molecule has 1 atom stereocenters. The molecular formula is C9H6N2O3. The molecule has 1 unspecified atom stereocenters. The standard InChI is InChI=1S/C9H6N2O3/c10-5-8-4-6-3-7(11(12)13)1-2-9(6)14-8/h1-3,8H,4H2. The lowest BCUT2D eigenvalue weighted by atomic mass is 10.1. The topological polar surface area (TPSA) is 76.2 Å². The Hall–Kier alpha value is -2.09. The molecule has 1 heterocycles. The van der Waals surface area contributed by atoms with E-state index < -0.39 is 11.0 Å². The average molecular weight is 190 g/mol. The van der Waals surface area contributed by atoms with Gasteiger partial charge in [0.25, 0.3) is 5.69 Å². The maximum atomic E-state index is 10.5. The molecule has 1 aliphatic rings. The van der Waals surface area contributed by atoms with Gasteiger partial charge in [0.05, 0.1) is 4.92 Å². The summed E-state index contributed by atoms with van der Waals surface area (Å²) in [5.41, 5.74) is 0.761. The lowest BCUT2D eigenvalue weighted by Gasteiger charge is -1.98. The summed E-state index contributed by atoms with van der Waals surface area (Å²) in [6.45, 7) is 0. The van der Waals surface area contributed by atoms with Crippen molar-refractivity contribution in [3.05, 3.63) is 33.9 Å². The zero-order valence-corrected chi connectivity index (χ0v) is 7.14. The molecule has 0 amide bonds. The summed E-state index contributed by atoms with van der Waals surface area (Å²) >= 11 is 0. The summed E-state index contributed by atoms with van der Waals surface area (Å²) in [7, 11) is 0. The number of ether oxygens (including phenoxy) is 1. The predicted octanol–water partition coefficient (Wildman–Crippen LogP) is 1.42. The minimum Gasteiger partial charge on any atom is -0.475 e. The molecule has 0 aromatic heterocycles. The van der Waals surface area contributed by atoms with E-state index in [1.807, 2.05) is 6.07 Å². The van der Waals surface area contributed by atoms with Crippen molar-refractivity contribution >= 4 is 5.69 Å². The maximum Gasteiger partial charge on any atom is 0.269 e. The van der Waals surface area contributed by atoms with Crippen molar-refractivity contribution in [1.82, 2.24) is 0 Å². The molecule has 14 heavy (non-hydrogen) atoms. The number of nitro benzene ring substituents is 1. The first-order chi connectivity index (χ1) is 6.70. The number of nitrogens with zero attached hydrogens (tertiary/aromatic N) is 2. The Kier molecular flexibility index (Phi) is 1.82. The molecule has 1 aliphatic heterocycles. The summed E-state index contributed by atoms with van der Waals surface area (Å²) in [6, 6.07) is 6.32.